The molecule has 2 amide bonds. The second kappa shape index (κ2) is 6.68. The van der Waals surface area contributed by atoms with Crippen LogP contribution in [0.15, 0.2) is 4.42 Å². The summed E-state index contributed by atoms with van der Waals surface area (Å²) in [4.78, 5) is 28.4. The first kappa shape index (κ1) is 17.4. The maximum absolute atomic E-state index is 12.7. The quantitative estimate of drug-likeness (QED) is 0.823. The lowest BCUT2D eigenvalue weighted by molar-refractivity contribution is -0.136. The number of hydrogen-bond donors (Lipinski definition) is 0. The Bertz CT molecular complexity index is 576. The molecule has 0 spiro atoms. The van der Waals surface area contributed by atoms with E-state index in [4.69, 9.17) is 4.42 Å². The fourth-order valence-electron chi connectivity index (χ4n) is 2.78. The number of aromatic nitrogens is 2. The summed E-state index contributed by atoms with van der Waals surface area (Å²) in [6, 6.07) is 0. The maximum Gasteiger partial charge on any atom is 0.235 e. The highest BCUT2D eigenvalue weighted by atomic mass is 16.4. The van der Waals surface area contributed by atoms with Gasteiger partial charge in [0.25, 0.3) is 0 Å². The number of carbonyl (C=O) groups excluding carboxylic acids is 2. The molecule has 1 fully saturated rings. The molecule has 23 heavy (non-hydrogen) atoms. The Balaban J connectivity index is 2.04. The van der Waals surface area contributed by atoms with Crippen molar-refractivity contribution < 1.29 is 14.0 Å². The van der Waals surface area contributed by atoms with Gasteiger partial charge in [-0.25, -0.2) is 0 Å². The summed E-state index contributed by atoms with van der Waals surface area (Å²) in [5.41, 5.74) is -0.258. The normalized spacial score (nSPS) is 18.6. The molecule has 1 aliphatic heterocycles. The standard InChI is InChI=1S/C16H26N4O3/c1-6-12-17-18-13(23-12)10-19(7-2)15(22)11-8-14(21)20(9-11)16(3,4)5/h11H,6-10H2,1-5H3/t11-/m1/s1. The van der Waals surface area contributed by atoms with E-state index in [9.17, 15) is 9.59 Å². The average Bonchev–Trinajstić information content (AvgIpc) is 3.09. The van der Waals surface area contributed by atoms with Gasteiger partial charge >= 0.3 is 0 Å². The molecule has 7 nitrogen and oxygen atoms in total. The SMILES string of the molecule is CCc1nnc(CN(CC)C(=O)[C@@H]2CC(=O)N(C(C)(C)C)C2)o1. The topological polar surface area (TPSA) is 79.5 Å². The highest BCUT2D eigenvalue weighted by Crippen LogP contribution is 2.27. The monoisotopic (exact) mass is 322 g/mol. The average molecular weight is 322 g/mol. The molecular formula is C16H26N4O3. The van der Waals surface area contributed by atoms with Crippen molar-refractivity contribution in [2.75, 3.05) is 13.1 Å². The molecular weight excluding hydrogens is 296 g/mol. The second-order valence-electron chi connectivity index (χ2n) is 6.87. The van der Waals surface area contributed by atoms with Gasteiger partial charge in [-0.05, 0) is 27.7 Å². The summed E-state index contributed by atoms with van der Waals surface area (Å²) >= 11 is 0. The predicted molar refractivity (Wildman–Crippen MR) is 84.3 cm³/mol. The highest BCUT2D eigenvalue weighted by Gasteiger charge is 2.40. The second-order valence-corrected chi connectivity index (χ2v) is 6.87. The van der Waals surface area contributed by atoms with E-state index in [0.717, 1.165) is 0 Å². The molecule has 1 saturated heterocycles. The third-order valence-electron chi connectivity index (χ3n) is 4.11. The zero-order valence-corrected chi connectivity index (χ0v) is 14.6. The van der Waals surface area contributed by atoms with Crippen molar-refractivity contribution in [1.82, 2.24) is 20.0 Å². The number of amides is 2. The molecule has 2 heterocycles. The van der Waals surface area contributed by atoms with E-state index in [0.29, 0.717) is 37.8 Å². The van der Waals surface area contributed by atoms with Crippen LogP contribution in [0.4, 0.5) is 0 Å². The van der Waals surface area contributed by atoms with Crippen LogP contribution >= 0.6 is 0 Å². The molecule has 0 aromatic carbocycles. The molecule has 0 N–H and O–H groups in total. The molecule has 0 unspecified atom stereocenters. The Kier molecular flexibility index (Phi) is 5.06. The van der Waals surface area contributed by atoms with Crippen LogP contribution in [-0.4, -0.2) is 50.4 Å². The van der Waals surface area contributed by atoms with Crippen LogP contribution in [0.3, 0.4) is 0 Å². The molecule has 2 rings (SSSR count). The summed E-state index contributed by atoms with van der Waals surface area (Å²) in [6.45, 7) is 11.1. The largest absolute Gasteiger partial charge is 0.423 e. The maximum atomic E-state index is 12.7. The molecule has 0 radical (unpaired) electrons. The molecule has 1 atom stereocenters. The van der Waals surface area contributed by atoms with Gasteiger partial charge in [-0.3, -0.25) is 9.59 Å². The van der Waals surface area contributed by atoms with Gasteiger partial charge in [0.15, 0.2) is 0 Å². The van der Waals surface area contributed by atoms with Crippen molar-refractivity contribution in [3.8, 4) is 0 Å². The van der Waals surface area contributed by atoms with Crippen molar-refractivity contribution >= 4 is 11.8 Å². The van der Waals surface area contributed by atoms with E-state index >= 15 is 0 Å². The van der Waals surface area contributed by atoms with E-state index in [1.165, 1.54) is 0 Å². The highest BCUT2D eigenvalue weighted by molar-refractivity contribution is 5.89. The molecule has 0 aliphatic carbocycles. The molecule has 7 heteroatoms. The van der Waals surface area contributed by atoms with E-state index in [1.54, 1.807) is 9.80 Å². The van der Waals surface area contributed by atoms with Crippen molar-refractivity contribution in [3.05, 3.63) is 11.8 Å². The lowest BCUT2D eigenvalue weighted by Crippen LogP contribution is -2.43. The minimum Gasteiger partial charge on any atom is -0.423 e. The van der Waals surface area contributed by atoms with Gasteiger partial charge in [-0.1, -0.05) is 6.92 Å². The molecule has 1 aliphatic rings. The Hall–Kier alpha value is -1.92. The van der Waals surface area contributed by atoms with Gasteiger partial charge in [-0.15, -0.1) is 10.2 Å². The van der Waals surface area contributed by atoms with Crippen molar-refractivity contribution in [1.29, 1.82) is 0 Å². The van der Waals surface area contributed by atoms with Crippen molar-refractivity contribution in [3.63, 3.8) is 0 Å². The summed E-state index contributed by atoms with van der Waals surface area (Å²) in [7, 11) is 0. The Morgan fingerprint density at radius 2 is 1.96 bits per heavy atom. The first-order valence-corrected chi connectivity index (χ1v) is 8.16. The van der Waals surface area contributed by atoms with Crippen LogP contribution in [0, 0.1) is 5.92 Å². The molecule has 1 aromatic heterocycles. The minimum absolute atomic E-state index is 0.0242. The van der Waals surface area contributed by atoms with Crippen LogP contribution in [-0.2, 0) is 22.6 Å². The van der Waals surface area contributed by atoms with Gasteiger partial charge < -0.3 is 14.2 Å². The summed E-state index contributed by atoms with van der Waals surface area (Å²) in [6.07, 6.45) is 0.946. The number of hydrogen-bond acceptors (Lipinski definition) is 5. The summed E-state index contributed by atoms with van der Waals surface area (Å²) in [5, 5.41) is 7.88. The van der Waals surface area contributed by atoms with Gasteiger partial charge in [0.05, 0.1) is 12.5 Å². The van der Waals surface area contributed by atoms with Crippen LogP contribution in [0.2, 0.25) is 0 Å². The number of nitrogens with zero attached hydrogens (tertiary/aromatic N) is 4. The molecule has 128 valence electrons. The lowest BCUT2D eigenvalue weighted by Gasteiger charge is -2.32. The smallest absolute Gasteiger partial charge is 0.235 e. The zero-order valence-electron chi connectivity index (χ0n) is 14.6. The predicted octanol–water partition coefficient (Wildman–Crippen LogP) is 1.63. The number of carbonyl (C=O) groups is 2. The third kappa shape index (κ3) is 3.89. The minimum atomic E-state index is -0.296. The van der Waals surface area contributed by atoms with Crippen molar-refractivity contribution in [2.24, 2.45) is 5.92 Å². The Labute approximate surface area is 137 Å². The Morgan fingerprint density at radius 1 is 1.30 bits per heavy atom. The molecule has 1 aromatic rings. The van der Waals surface area contributed by atoms with Crippen LogP contribution in [0.1, 0.15) is 52.8 Å². The zero-order chi connectivity index (χ0) is 17.2. The van der Waals surface area contributed by atoms with Crippen molar-refractivity contribution in [2.45, 2.75) is 59.5 Å². The lowest BCUT2D eigenvalue weighted by atomic mass is 10.1. The van der Waals surface area contributed by atoms with E-state index < -0.39 is 0 Å². The van der Waals surface area contributed by atoms with Gasteiger partial charge in [0, 0.05) is 31.5 Å². The fraction of sp³-hybridized carbons (Fsp3) is 0.750. The van der Waals surface area contributed by atoms with Crippen LogP contribution in [0.25, 0.3) is 0 Å². The van der Waals surface area contributed by atoms with Crippen LogP contribution in [0.5, 0.6) is 0 Å². The van der Waals surface area contributed by atoms with Crippen LogP contribution < -0.4 is 0 Å². The molecule has 0 saturated carbocycles. The molecule has 0 bridgehead atoms. The summed E-state index contributed by atoms with van der Waals surface area (Å²) in [5.74, 6) is 0.726. The number of rotatable bonds is 5. The van der Waals surface area contributed by atoms with Gasteiger partial charge in [0.2, 0.25) is 23.6 Å². The first-order valence-electron chi connectivity index (χ1n) is 8.16. The fourth-order valence-corrected chi connectivity index (χ4v) is 2.78. The third-order valence-corrected chi connectivity index (χ3v) is 4.11. The van der Waals surface area contributed by atoms with E-state index in [2.05, 4.69) is 10.2 Å². The van der Waals surface area contributed by atoms with E-state index in [-0.39, 0.29) is 29.7 Å². The number of likely N-dealkylation sites (tertiary alicyclic amines) is 1. The van der Waals surface area contributed by atoms with Gasteiger partial charge in [0.1, 0.15) is 0 Å². The number of aryl methyl sites for hydroxylation is 1. The summed E-state index contributed by atoms with van der Waals surface area (Å²) < 4.78 is 5.48. The first-order chi connectivity index (χ1) is 10.8. The Morgan fingerprint density at radius 3 is 2.43 bits per heavy atom. The van der Waals surface area contributed by atoms with Gasteiger partial charge in [-0.2, -0.15) is 0 Å². The van der Waals surface area contributed by atoms with E-state index in [1.807, 2.05) is 34.6 Å².